The molecule has 0 unspecified atom stereocenters. The van der Waals surface area contributed by atoms with Gasteiger partial charge in [0.15, 0.2) is 23.0 Å². The summed E-state index contributed by atoms with van der Waals surface area (Å²) in [5.74, 6) is 1.96. The van der Waals surface area contributed by atoms with Crippen LogP contribution in [0.15, 0.2) is 36.5 Å². The summed E-state index contributed by atoms with van der Waals surface area (Å²) in [5, 5.41) is 11.1. The van der Waals surface area contributed by atoms with Crippen LogP contribution in [0.3, 0.4) is 0 Å². The van der Waals surface area contributed by atoms with Gasteiger partial charge in [-0.1, -0.05) is 0 Å². The topological polar surface area (TPSA) is 70.0 Å². The highest BCUT2D eigenvalue weighted by atomic mass is 16.5. The minimum Gasteiger partial charge on any atom is -0.504 e. The van der Waals surface area contributed by atoms with E-state index < -0.39 is 0 Å². The number of rotatable bonds is 5. The molecule has 1 N–H and O–H groups in total. The lowest BCUT2D eigenvalue weighted by molar-refractivity contribution is 0.333. The van der Waals surface area contributed by atoms with Crippen LogP contribution in [-0.4, -0.2) is 38.5 Å². The van der Waals surface area contributed by atoms with Crippen molar-refractivity contribution in [1.29, 1.82) is 0 Å². The molecule has 0 saturated carbocycles. The van der Waals surface area contributed by atoms with Crippen molar-refractivity contribution < 1.29 is 24.1 Å². The van der Waals surface area contributed by atoms with E-state index in [2.05, 4.69) is 4.98 Å². The number of nitrogens with zero attached hydrogens (tertiary/aromatic N) is 1. The van der Waals surface area contributed by atoms with Crippen LogP contribution in [0.4, 0.5) is 0 Å². The second-order valence-corrected chi connectivity index (χ2v) is 5.33. The Labute approximate surface area is 145 Å². The predicted molar refractivity (Wildman–Crippen MR) is 95.1 cm³/mol. The third-order valence-corrected chi connectivity index (χ3v) is 3.99. The molecular weight excluding hydrogens is 322 g/mol. The molecule has 0 spiro atoms. The number of methoxy groups -OCH3 is 4. The van der Waals surface area contributed by atoms with Gasteiger partial charge in [-0.25, -0.2) is 0 Å². The zero-order valence-corrected chi connectivity index (χ0v) is 14.5. The third-order valence-electron chi connectivity index (χ3n) is 3.99. The zero-order valence-electron chi connectivity index (χ0n) is 14.5. The van der Waals surface area contributed by atoms with Crippen LogP contribution < -0.4 is 18.9 Å². The number of phenolic OH excluding ortho intramolecular Hbond substituents is 1. The highest BCUT2D eigenvalue weighted by Crippen LogP contribution is 2.41. The number of hydrogen-bond donors (Lipinski definition) is 1. The van der Waals surface area contributed by atoms with Gasteiger partial charge in [0, 0.05) is 17.1 Å². The van der Waals surface area contributed by atoms with Gasteiger partial charge in [0.05, 0.1) is 28.4 Å². The molecule has 6 heteroatoms. The molecule has 25 heavy (non-hydrogen) atoms. The van der Waals surface area contributed by atoms with E-state index in [0.717, 1.165) is 16.5 Å². The van der Waals surface area contributed by atoms with Crippen molar-refractivity contribution in [2.24, 2.45) is 0 Å². The Balaban J connectivity index is 2.16. The van der Waals surface area contributed by atoms with Crippen LogP contribution in [0.5, 0.6) is 28.7 Å². The monoisotopic (exact) mass is 341 g/mol. The van der Waals surface area contributed by atoms with Crippen LogP contribution in [0.25, 0.3) is 22.0 Å². The summed E-state index contributed by atoms with van der Waals surface area (Å²) in [4.78, 5) is 4.51. The van der Waals surface area contributed by atoms with E-state index in [1.807, 2.05) is 18.2 Å². The van der Waals surface area contributed by atoms with Gasteiger partial charge in [0.25, 0.3) is 0 Å². The first-order valence-corrected chi connectivity index (χ1v) is 7.59. The number of ether oxygens (including phenoxy) is 4. The molecular formula is C19H19NO5. The van der Waals surface area contributed by atoms with Gasteiger partial charge in [-0.2, -0.15) is 0 Å². The molecule has 0 atom stereocenters. The van der Waals surface area contributed by atoms with Crippen molar-refractivity contribution in [3.05, 3.63) is 36.5 Å². The fourth-order valence-electron chi connectivity index (χ4n) is 2.78. The number of pyridine rings is 1. The maximum absolute atomic E-state index is 10.2. The molecule has 130 valence electrons. The number of benzene rings is 2. The molecule has 0 saturated heterocycles. The first-order chi connectivity index (χ1) is 12.1. The number of aromatic hydroxyl groups is 1. The Kier molecular flexibility index (Phi) is 4.52. The van der Waals surface area contributed by atoms with Crippen molar-refractivity contribution in [2.75, 3.05) is 28.4 Å². The van der Waals surface area contributed by atoms with Gasteiger partial charge >= 0.3 is 0 Å². The van der Waals surface area contributed by atoms with Crippen molar-refractivity contribution >= 4 is 10.9 Å². The molecule has 0 radical (unpaired) electrons. The van der Waals surface area contributed by atoms with Crippen LogP contribution in [-0.2, 0) is 0 Å². The SMILES string of the molecule is COc1cc(-c2cnc3c(OC)c(OC)ccc3c2)cc(O)c1OC. The third kappa shape index (κ3) is 2.87. The molecule has 3 aromatic rings. The first-order valence-electron chi connectivity index (χ1n) is 7.59. The molecule has 0 bridgehead atoms. The largest absolute Gasteiger partial charge is 0.504 e. The molecule has 0 fully saturated rings. The molecule has 0 aliphatic carbocycles. The smallest absolute Gasteiger partial charge is 0.203 e. The fourth-order valence-corrected chi connectivity index (χ4v) is 2.78. The summed E-state index contributed by atoms with van der Waals surface area (Å²) in [7, 11) is 6.18. The summed E-state index contributed by atoms with van der Waals surface area (Å²) in [6.07, 6.45) is 1.71. The van der Waals surface area contributed by atoms with Crippen molar-refractivity contribution in [2.45, 2.75) is 0 Å². The fraction of sp³-hybridized carbons (Fsp3) is 0.211. The Bertz CT molecular complexity index is 923. The maximum Gasteiger partial charge on any atom is 0.203 e. The van der Waals surface area contributed by atoms with Crippen LogP contribution >= 0.6 is 0 Å². The van der Waals surface area contributed by atoms with Crippen LogP contribution in [0, 0.1) is 0 Å². The Morgan fingerprint density at radius 2 is 1.48 bits per heavy atom. The number of fused-ring (bicyclic) bond motifs is 1. The van der Waals surface area contributed by atoms with Gasteiger partial charge in [-0.3, -0.25) is 4.98 Å². The normalized spacial score (nSPS) is 10.6. The van der Waals surface area contributed by atoms with Gasteiger partial charge in [-0.05, 0) is 35.9 Å². The minimum absolute atomic E-state index is 0.00394. The van der Waals surface area contributed by atoms with E-state index in [0.29, 0.717) is 28.5 Å². The summed E-state index contributed by atoms with van der Waals surface area (Å²) in [5.41, 5.74) is 2.30. The van der Waals surface area contributed by atoms with E-state index in [4.69, 9.17) is 18.9 Å². The number of hydrogen-bond acceptors (Lipinski definition) is 6. The molecule has 0 aliphatic rings. The summed E-state index contributed by atoms with van der Waals surface area (Å²) >= 11 is 0. The molecule has 0 aliphatic heterocycles. The van der Waals surface area contributed by atoms with E-state index >= 15 is 0 Å². The average molecular weight is 341 g/mol. The minimum atomic E-state index is 0.00394. The summed E-state index contributed by atoms with van der Waals surface area (Å²) in [6, 6.07) is 9.12. The summed E-state index contributed by atoms with van der Waals surface area (Å²) in [6.45, 7) is 0. The highest BCUT2D eigenvalue weighted by Gasteiger charge is 2.15. The van der Waals surface area contributed by atoms with Crippen molar-refractivity contribution in [3.8, 4) is 39.9 Å². The van der Waals surface area contributed by atoms with Gasteiger partial charge in [0.1, 0.15) is 5.52 Å². The molecule has 2 aromatic carbocycles. The molecule has 3 rings (SSSR count). The van der Waals surface area contributed by atoms with Crippen LogP contribution in [0.1, 0.15) is 0 Å². The number of aromatic nitrogens is 1. The lowest BCUT2D eigenvalue weighted by atomic mass is 10.0. The molecule has 0 amide bonds. The second kappa shape index (κ2) is 6.76. The Hall–Kier alpha value is -3.15. The van der Waals surface area contributed by atoms with Crippen LogP contribution in [0.2, 0.25) is 0 Å². The van der Waals surface area contributed by atoms with E-state index in [-0.39, 0.29) is 5.75 Å². The lowest BCUT2D eigenvalue weighted by Gasteiger charge is -2.13. The lowest BCUT2D eigenvalue weighted by Crippen LogP contribution is -1.94. The average Bonchev–Trinajstić information content (AvgIpc) is 2.65. The standard InChI is InChI=1S/C19H19NO5/c1-22-15-6-5-11-7-13(10-20-17(11)19(15)25-4)12-8-14(21)18(24-3)16(9-12)23-2/h5-10,21H,1-4H3. The second-order valence-electron chi connectivity index (χ2n) is 5.33. The summed E-state index contributed by atoms with van der Waals surface area (Å²) < 4.78 is 21.2. The predicted octanol–water partition coefficient (Wildman–Crippen LogP) is 3.64. The van der Waals surface area contributed by atoms with E-state index in [9.17, 15) is 5.11 Å². The molecule has 6 nitrogen and oxygen atoms in total. The quantitative estimate of drug-likeness (QED) is 0.764. The first kappa shape index (κ1) is 16.7. The van der Waals surface area contributed by atoms with Gasteiger partial charge in [0.2, 0.25) is 5.75 Å². The Morgan fingerprint density at radius 1 is 0.760 bits per heavy atom. The van der Waals surface area contributed by atoms with Gasteiger partial charge in [-0.15, -0.1) is 0 Å². The maximum atomic E-state index is 10.2. The zero-order chi connectivity index (χ0) is 18.0. The van der Waals surface area contributed by atoms with Gasteiger partial charge < -0.3 is 24.1 Å². The highest BCUT2D eigenvalue weighted by molar-refractivity contribution is 5.90. The number of phenols is 1. The molecule has 1 aromatic heterocycles. The Morgan fingerprint density at radius 3 is 2.12 bits per heavy atom. The van der Waals surface area contributed by atoms with Crippen molar-refractivity contribution in [3.63, 3.8) is 0 Å². The van der Waals surface area contributed by atoms with E-state index in [1.54, 1.807) is 32.5 Å². The molecule has 1 heterocycles. The van der Waals surface area contributed by atoms with E-state index in [1.165, 1.54) is 14.2 Å². The van der Waals surface area contributed by atoms with Crippen molar-refractivity contribution in [1.82, 2.24) is 4.98 Å².